The molecule has 0 saturated carbocycles. The Morgan fingerprint density at radius 3 is 2.44 bits per heavy atom. The average Bonchev–Trinajstić information content (AvgIpc) is 3.33. The average molecular weight is 594 g/mol. The highest BCUT2D eigenvalue weighted by molar-refractivity contribution is 7.89. The smallest absolute Gasteiger partial charge is 0.307 e. The van der Waals surface area contributed by atoms with Gasteiger partial charge in [0.05, 0.1) is 28.6 Å². The highest BCUT2D eigenvalue weighted by Crippen LogP contribution is 2.35. The van der Waals surface area contributed by atoms with Crippen molar-refractivity contribution in [2.45, 2.75) is 30.8 Å². The number of aryl methyl sites for hydroxylation is 1. The zero-order valence-electron chi connectivity index (χ0n) is 22.2. The molecule has 41 heavy (non-hydrogen) atoms. The van der Waals surface area contributed by atoms with Gasteiger partial charge in [-0.3, -0.25) is 9.59 Å². The molecule has 0 bridgehead atoms. The molecule has 4 aromatic rings. The van der Waals surface area contributed by atoms with Crippen molar-refractivity contribution in [2.75, 3.05) is 26.9 Å². The van der Waals surface area contributed by atoms with E-state index in [1.807, 2.05) is 36.4 Å². The van der Waals surface area contributed by atoms with Crippen LogP contribution in [-0.4, -0.2) is 56.0 Å². The summed E-state index contributed by atoms with van der Waals surface area (Å²) in [7, 11) is -2.41. The third-order valence-corrected chi connectivity index (χ3v) is 10.0. The van der Waals surface area contributed by atoms with E-state index in [0.29, 0.717) is 49.0 Å². The van der Waals surface area contributed by atoms with Crippen molar-refractivity contribution in [2.24, 2.45) is 4.99 Å². The number of nitrogens with zero attached hydrogens (tertiary/aromatic N) is 3. The summed E-state index contributed by atoms with van der Waals surface area (Å²) in [5.41, 5.74) is 3.15. The summed E-state index contributed by atoms with van der Waals surface area (Å²) in [4.78, 5) is 30.0. The van der Waals surface area contributed by atoms with Gasteiger partial charge in [0.2, 0.25) is 10.0 Å². The van der Waals surface area contributed by atoms with Crippen LogP contribution in [0.4, 0.5) is 0 Å². The molecular formula is C29H27N3O7S2. The summed E-state index contributed by atoms with van der Waals surface area (Å²) in [6.07, 6.45) is 0.739. The molecule has 2 aliphatic heterocycles. The molecule has 3 heterocycles. The van der Waals surface area contributed by atoms with Gasteiger partial charge in [-0.15, -0.1) is 0 Å². The van der Waals surface area contributed by atoms with Crippen molar-refractivity contribution < 1.29 is 32.2 Å². The molecule has 0 atom stereocenters. The predicted molar refractivity (Wildman–Crippen MR) is 152 cm³/mol. The minimum absolute atomic E-state index is 0.0890. The molecule has 3 aromatic carbocycles. The molecule has 0 spiro atoms. The van der Waals surface area contributed by atoms with Crippen molar-refractivity contribution in [1.82, 2.24) is 8.87 Å². The number of hydrogen-bond donors (Lipinski definition) is 0. The fraction of sp³-hybridized carbons (Fsp3) is 0.276. The zero-order valence-corrected chi connectivity index (χ0v) is 23.9. The van der Waals surface area contributed by atoms with Crippen molar-refractivity contribution in [3.8, 4) is 11.5 Å². The first-order chi connectivity index (χ1) is 19.8. The normalized spacial score (nSPS) is 15.5. The lowest BCUT2D eigenvalue weighted by Gasteiger charge is -2.28. The molecule has 0 aliphatic carbocycles. The number of benzene rings is 3. The molecule has 1 aromatic heterocycles. The fourth-order valence-electron chi connectivity index (χ4n) is 4.96. The van der Waals surface area contributed by atoms with Gasteiger partial charge >= 0.3 is 5.97 Å². The molecule has 212 valence electrons. The lowest BCUT2D eigenvalue weighted by molar-refractivity contribution is -0.140. The molecule has 12 heteroatoms. The van der Waals surface area contributed by atoms with Crippen LogP contribution in [0, 0.1) is 0 Å². The van der Waals surface area contributed by atoms with Crippen molar-refractivity contribution in [3.63, 3.8) is 0 Å². The van der Waals surface area contributed by atoms with Gasteiger partial charge in [-0.05, 0) is 41.8 Å². The third-order valence-electron chi connectivity index (χ3n) is 7.15. The highest BCUT2D eigenvalue weighted by Gasteiger charge is 2.28. The molecule has 0 fully saturated rings. The number of thiazole rings is 1. The van der Waals surface area contributed by atoms with Gasteiger partial charge in [0.15, 0.2) is 16.3 Å². The van der Waals surface area contributed by atoms with E-state index in [4.69, 9.17) is 14.2 Å². The van der Waals surface area contributed by atoms with Crippen LogP contribution in [0.2, 0.25) is 0 Å². The minimum Gasteiger partial charge on any atom is -0.486 e. The zero-order chi connectivity index (χ0) is 28.6. The number of aromatic nitrogens is 1. The number of amides is 1. The second-order valence-corrected chi connectivity index (χ2v) is 12.6. The first kappa shape index (κ1) is 27.2. The second kappa shape index (κ2) is 11.1. The Bertz CT molecular complexity index is 1830. The molecular weight excluding hydrogens is 566 g/mol. The van der Waals surface area contributed by atoms with E-state index in [-0.39, 0.29) is 29.4 Å². The summed E-state index contributed by atoms with van der Waals surface area (Å²) < 4.78 is 46.9. The van der Waals surface area contributed by atoms with E-state index in [2.05, 4.69) is 4.99 Å². The number of sulfonamides is 1. The number of fused-ring (bicyclic) bond motifs is 3. The Kier molecular flexibility index (Phi) is 7.37. The lowest BCUT2D eigenvalue weighted by Crippen LogP contribution is -2.35. The topological polar surface area (TPSA) is 117 Å². The molecule has 0 unspecified atom stereocenters. The first-order valence-electron chi connectivity index (χ1n) is 13.1. The maximum absolute atomic E-state index is 13.3. The monoisotopic (exact) mass is 593 g/mol. The molecule has 2 aliphatic rings. The number of carbonyl (C=O) groups excluding carboxylic acids is 2. The lowest BCUT2D eigenvalue weighted by atomic mass is 10.0. The summed E-state index contributed by atoms with van der Waals surface area (Å²) in [6.45, 7) is 1.82. The van der Waals surface area contributed by atoms with Gasteiger partial charge in [-0.2, -0.15) is 9.30 Å². The van der Waals surface area contributed by atoms with Crippen LogP contribution >= 0.6 is 11.3 Å². The van der Waals surface area contributed by atoms with E-state index < -0.39 is 15.9 Å². The number of esters is 1. The standard InChI is InChI=1S/C29H27N3O7S2/c1-37-27(33)11-13-32-23-16-24-25(39-15-14-38-24)17-26(23)40-29(32)30-28(34)20-6-8-22(9-7-20)41(35,36)31-12-10-19-4-2-3-5-21(19)18-31/h2-9,16-17H,10-15,18H2,1H3. The van der Waals surface area contributed by atoms with E-state index in [0.717, 1.165) is 21.3 Å². The maximum Gasteiger partial charge on any atom is 0.307 e. The summed E-state index contributed by atoms with van der Waals surface area (Å²) >= 11 is 1.28. The Morgan fingerprint density at radius 1 is 1.00 bits per heavy atom. The molecule has 0 N–H and O–H groups in total. The van der Waals surface area contributed by atoms with Crippen LogP contribution in [0.5, 0.6) is 11.5 Å². The van der Waals surface area contributed by atoms with E-state index in [1.54, 1.807) is 4.57 Å². The first-order valence-corrected chi connectivity index (χ1v) is 15.3. The molecule has 6 rings (SSSR count). The number of ether oxygens (including phenoxy) is 3. The maximum atomic E-state index is 13.3. The van der Waals surface area contributed by atoms with E-state index in [1.165, 1.54) is 47.0 Å². The Labute approximate surface area is 240 Å². The van der Waals surface area contributed by atoms with Crippen LogP contribution < -0.4 is 14.3 Å². The van der Waals surface area contributed by atoms with Crippen molar-refractivity contribution in [3.05, 3.63) is 82.2 Å². The molecule has 1 amide bonds. The highest BCUT2D eigenvalue weighted by atomic mass is 32.2. The SMILES string of the molecule is COC(=O)CCn1c(=NC(=O)c2ccc(S(=O)(=O)N3CCc4ccccc4C3)cc2)sc2cc3c(cc21)OCCO3. The summed E-state index contributed by atoms with van der Waals surface area (Å²) in [6, 6.07) is 17.3. The number of methoxy groups -OCH3 is 1. The van der Waals surface area contributed by atoms with Gasteiger partial charge in [0.1, 0.15) is 13.2 Å². The molecule has 0 saturated heterocycles. The van der Waals surface area contributed by atoms with Crippen LogP contribution in [0.25, 0.3) is 10.2 Å². The summed E-state index contributed by atoms with van der Waals surface area (Å²) in [5, 5.41) is 0. The number of carbonyl (C=O) groups is 2. The van der Waals surface area contributed by atoms with Gasteiger partial charge < -0.3 is 18.8 Å². The van der Waals surface area contributed by atoms with Gasteiger partial charge in [-0.25, -0.2) is 8.42 Å². The number of rotatable bonds is 6. The predicted octanol–water partition coefficient (Wildman–Crippen LogP) is 3.53. The number of hydrogen-bond acceptors (Lipinski definition) is 8. The van der Waals surface area contributed by atoms with Crippen LogP contribution in [0.1, 0.15) is 27.9 Å². The quantitative estimate of drug-likeness (QED) is 0.314. The van der Waals surface area contributed by atoms with Gasteiger partial charge in [-0.1, -0.05) is 35.6 Å². The van der Waals surface area contributed by atoms with Crippen molar-refractivity contribution >= 4 is 43.5 Å². The van der Waals surface area contributed by atoms with Gasteiger partial charge in [0, 0.05) is 37.3 Å². The Balaban J connectivity index is 1.29. The van der Waals surface area contributed by atoms with E-state index in [9.17, 15) is 18.0 Å². The Hall–Kier alpha value is -4.00. The van der Waals surface area contributed by atoms with Gasteiger partial charge in [0.25, 0.3) is 5.91 Å². The third kappa shape index (κ3) is 5.37. The molecule has 10 nitrogen and oxygen atoms in total. The fourth-order valence-corrected chi connectivity index (χ4v) is 7.44. The molecule has 0 radical (unpaired) electrons. The van der Waals surface area contributed by atoms with Crippen molar-refractivity contribution in [1.29, 1.82) is 0 Å². The minimum atomic E-state index is -3.73. The Morgan fingerprint density at radius 2 is 1.71 bits per heavy atom. The van der Waals surface area contributed by atoms with Crippen LogP contribution in [-0.2, 0) is 39.1 Å². The van der Waals surface area contributed by atoms with E-state index >= 15 is 0 Å². The van der Waals surface area contributed by atoms with Crippen LogP contribution in [0.15, 0.2) is 70.6 Å². The summed E-state index contributed by atoms with van der Waals surface area (Å²) in [5.74, 6) is 0.273. The largest absolute Gasteiger partial charge is 0.486 e. The second-order valence-electron chi connectivity index (χ2n) is 9.62. The van der Waals surface area contributed by atoms with Crippen LogP contribution in [0.3, 0.4) is 0 Å².